The van der Waals surface area contributed by atoms with E-state index in [0.717, 1.165) is 43.4 Å². The number of allylic oxidation sites excluding steroid dienone is 2. The van der Waals surface area contributed by atoms with Crippen LogP contribution in [0.1, 0.15) is 38.2 Å². The van der Waals surface area contributed by atoms with Gasteiger partial charge in [-0.1, -0.05) is 18.2 Å². The molecule has 3 rings (SSSR count). The van der Waals surface area contributed by atoms with Crippen molar-refractivity contribution in [3.63, 3.8) is 0 Å². The summed E-state index contributed by atoms with van der Waals surface area (Å²) in [5.41, 5.74) is 1.77. The number of hydrogen-bond donors (Lipinski definition) is 1. The molecular formula is C18H24N2O3S. The number of carbonyl (C=O) groups excluding carboxylic acids is 1. The molecule has 24 heavy (non-hydrogen) atoms. The molecule has 0 radical (unpaired) electrons. The zero-order valence-corrected chi connectivity index (χ0v) is 14.8. The normalized spacial score (nSPS) is 20.7. The number of nitrogens with zero attached hydrogens (tertiary/aromatic N) is 1. The van der Waals surface area contributed by atoms with Gasteiger partial charge in [-0.15, -0.1) is 0 Å². The average Bonchev–Trinajstić information content (AvgIpc) is 2.60. The molecule has 1 N–H and O–H groups in total. The SMILES string of the molecule is CC(=O)N1CCCc2ccc(S(=O)(=O)NC[C@H]3CC=CCC3)cc21. The second-order valence-electron chi connectivity index (χ2n) is 6.57. The van der Waals surface area contributed by atoms with Crippen LogP contribution in [-0.2, 0) is 21.2 Å². The summed E-state index contributed by atoms with van der Waals surface area (Å²) in [7, 11) is -3.55. The van der Waals surface area contributed by atoms with Gasteiger partial charge < -0.3 is 4.90 Å². The highest BCUT2D eigenvalue weighted by molar-refractivity contribution is 7.89. The van der Waals surface area contributed by atoms with Crippen LogP contribution in [0.15, 0.2) is 35.2 Å². The molecule has 1 aliphatic heterocycles. The summed E-state index contributed by atoms with van der Waals surface area (Å²) in [6, 6.07) is 5.12. The molecule has 0 spiro atoms. The van der Waals surface area contributed by atoms with Crippen LogP contribution in [0, 0.1) is 5.92 Å². The van der Waals surface area contributed by atoms with Crippen molar-refractivity contribution >= 4 is 21.6 Å². The van der Waals surface area contributed by atoms with Crippen molar-refractivity contribution in [2.45, 2.75) is 43.9 Å². The summed E-state index contributed by atoms with van der Waals surface area (Å²) < 4.78 is 27.9. The number of fused-ring (bicyclic) bond motifs is 1. The summed E-state index contributed by atoms with van der Waals surface area (Å²) in [5, 5.41) is 0. The molecule has 1 heterocycles. The Morgan fingerprint density at radius 2 is 2.17 bits per heavy atom. The van der Waals surface area contributed by atoms with Gasteiger partial charge in [0.1, 0.15) is 0 Å². The first kappa shape index (κ1) is 17.2. The van der Waals surface area contributed by atoms with Gasteiger partial charge in [-0.05, 0) is 55.7 Å². The Bertz CT molecular complexity index is 756. The van der Waals surface area contributed by atoms with Crippen LogP contribution in [0.4, 0.5) is 5.69 Å². The van der Waals surface area contributed by atoms with Crippen molar-refractivity contribution in [3.05, 3.63) is 35.9 Å². The van der Waals surface area contributed by atoms with Crippen molar-refractivity contribution in [2.75, 3.05) is 18.0 Å². The summed E-state index contributed by atoms with van der Waals surface area (Å²) in [5.74, 6) is 0.309. The van der Waals surface area contributed by atoms with Gasteiger partial charge in [-0.3, -0.25) is 4.79 Å². The van der Waals surface area contributed by atoms with E-state index >= 15 is 0 Å². The fraction of sp³-hybridized carbons (Fsp3) is 0.500. The lowest BCUT2D eigenvalue weighted by Gasteiger charge is -2.29. The first-order valence-electron chi connectivity index (χ1n) is 8.53. The van der Waals surface area contributed by atoms with E-state index in [1.807, 2.05) is 6.07 Å². The first-order chi connectivity index (χ1) is 11.5. The van der Waals surface area contributed by atoms with Crippen molar-refractivity contribution < 1.29 is 13.2 Å². The summed E-state index contributed by atoms with van der Waals surface area (Å²) >= 11 is 0. The topological polar surface area (TPSA) is 66.5 Å². The number of sulfonamides is 1. The standard InChI is InChI=1S/C18H24N2O3S/c1-14(21)20-11-5-8-16-9-10-17(12-18(16)20)24(22,23)19-13-15-6-3-2-4-7-15/h2-3,9-10,12,15,19H,4-8,11,13H2,1H3/t15-/m0/s1. The predicted molar refractivity (Wildman–Crippen MR) is 94.5 cm³/mol. The zero-order chi connectivity index (χ0) is 17.2. The third-order valence-corrected chi connectivity index (χ3v) is 6.23. The number of carbonyl (C=O) groups is 1. The second kappa shape index (κ2) is 7.07. The molecule has 2 aliphatic rings. The van der Waals surface area contributed by atoms with Crippen LogP contribution >= 0.6 is 0 Å². The zero-order valence-electron chi connectivity index (χ0n) is 14.0. The van der Waals surface area contributed by atoms with Crippen LogP contribution in [0.25, 0.3) is 0 Å². The lowest BCUT2D eigenvalue weighted by Crippen LogP contribution is -2.34. The summed E-state index contributed by atoms with van der Waals surface area (Å²) in [6.45, 7) is 2.62. The van der Waals surface area contributed by atoms with Gasteiger partial charge in [-0.25, -0.2) is 13.1 Å². The van der Waals surface area contributed by atoms with Crippen molar-refractivity contribution in [1.82, 2.24) is 4.72 Å². The molecule has 0 fully saturated rings. The third-order valence-electron chi connectivity index (χ3n) is 4.81. The molecule has 1 aromatic rings. The van der Waals surface area contributed by atoms with Gasteiger partial charge in [0.25, 0.3) is 0 Å². The molecule has 0 aromatic heterocycles. The quantitative estimate of drug-likeness (QED) is 0.851. The number of amides is 1. The van der Waals surface area contributed by atoms with Gasteiger partial charge in [0.05, 0.1) is 4.90 Å². The van der Waals surface area contributed by atoms with E-state index in [2.05, 4.69) is 16.9 Å². The molecule has 0 saturated carbocycles. The van der Waals surface area contributed by atoms with E-state index in [1.165, 1.54) is 6.92 Å². The van der Waals surface area contributed by atoms with E-state index in [-0.39, 0.29) is 10.8 Å². The van der Waals surface area contributed by atoms with Crippen LogP contribution in [0.5, 0.6) is 0 Å². The van der Waals surface area contributed by atoms with E-state index in [1.54, 1.807) is 17.0 Å². The van der Waals surface area contributed by atoms with Crippen molar-refractivity contribution in [2.24, 2.45) is 5.92 Å². The highest BCUT2D eigenvalue weighted by Gasteiger charge is 2.24. The van der Waals surface area contributed by atoms with E-state index in [9.17, 15) is 13.2 Å². The Hall–Kier alpha value is -1.66. The Kier molecular flexibility index (Phi) is 5.06. The summed E-state index contributed by atoms with van der Waals surface area (Å²) in [6.07, 6.45) is 9.00. The molecule has 130 valence electrons. The predicted octanol–water partition coefficient (Wildman–Crippen LogP) is 2.62. The number of rotatable bonds is 4. The van der Waals surface area contributed by atoms with Gasteiger partial charge in [0.15, 0.2) is 0 Å². The lowest BCUT2D eigenvalue weighted by molar-refractivity contribution is -0.116. The highest BCUT2D eigenvalue weighted by atomic mass is 32.2. The Balaban J connectivity index is 1.79. The third kappa shape index (κ3) is 3.70. The minimum absolute atomic E-state index is 0.0487. The van der Waals surface area contributed by atoms with Crippen molar-refractivity contribution in [1.29, 1.82) is 0 Å². The van der Waals surface area contributed by atoms with Crippen LogP contribution in [-0.4, -0.2) is 27.4 Å². The Labute approximate surface area is 143 Å². The molecule has 6 heteroatoms. The van der Waals surface area contributed by atoms with Gasteiger partial charge in [0, 0.05) is 25.7 Å². The van der Waals surface area contributed by atoms with E-state index in [4.69, 9.17) is 0 Å². The van der Waals surface area contributed by atoms with Gasteiger partial charge in [-0.2, -0.15) is 0 Å². The first-order valence-corrected chi connectivity index (χ1v) is 10.0. The molecule has 0 saturated heterocycles. The maximum Gasteiger partial charge on any atom is 0.240 e. The minimum atomic E-state index is -3.55. The maximum absolute atomic E-state index is 12.6. The molecule has 5 nitrogen and oxygen atoms in total. The Morgan fingerprint density at radius 3 is 2.88 bits per heavy atom. The highest BCUT2D eigenvalue weighted by Crippen LogP contribution is 2.30. The molecular weight excluding hydrogens is 324 g/mol. The number of hydrogen-bond acceptors (Lipinski definition) is 3. The fourth-order valence-corrected chi connectivity index (χ4v) is 4.54. The maximum atomic E-state index is 12.6. The number of nitrogens with one attached hydrogen (secondary N) is 1. The number of anilines is 1. The monoisotopic (exact) mass is 348 g/mol. The molecule has 1 aliphatic carbocycles. The van der Waals surface area contributed by atoms with Crippen LogP contribution in [0.3, 0.4) is 0 Å². The molecule has 1 amide bonds. The molecule has 1 atom stereocenters. The Morgan fingerprint density at radius 1 is 1.33 bits per heavy atom. The van der Waals surface area contributed by atoms with E-state index in [0.29, 0.717) is 19.0 Å². The second-order valence-corrected chi connectivity index (χ2v) is 8.33. The number of aryl methyl sites for hydroxylation is 1. The van der Waals surface area contributed by atoms with Gasteiger partial charge >= 0.3 is 0 Å². The average molecular weight is 348 g/mol. The minimum Gasteiger partial charge on any atom is -0.312 e. The van der Waals surface area contributed by atoms with Gasteiger partial charge in [0.2, 0.25) is 15.9 Å². The largest absolute Gasteiger partial charge is 0.312 e. The van der Waals surface area contributed by atoms with Crippen molar-refractivity contribution in [3.8, 4) is 0 Å². The summed E-state index contributed by atoms with van der Waals surface area (Å²) in [4.78, 5) is 13.7. The van der Waals surface area contributed by atoms with Crippen LogP contribution < -0.4 is 9.62 Å². The fourth-order valence-electron chi connectivity index (χ4n) is 3.40. The lowest BCUT2D eigenvalue weighted by atomic mass is 9.95. The van der Waals surface area contributed by atoms with E-state index < -0.39 is 10.0 Å². The smallest absolute Gasteiger partial charge is 0.240 e. The molecule has 0 bridgehead atoms. The number of benzene rings is 1. The van der Waals surface area contributed by atoms with Crippen LogP contribution in [0.2, 0.25) is 0 Å². The molecule has 0 unspecified atom stereocenters. The molecule has 1 aromatic carbocycles.